The fourth-order valence-electron chi connectivity index (χ4n) is 2.74. The van der Waals surface area contributed by atoms with Crippen molar-refractivity contribution in [2.45, 2.75) is 30.6 Å². The lowest BCUT2D eigenvalue weighted by Crippen LogP contribution is -2.26. The molecule has 1 aromatic carbocycles. The van der Waals surface area contributed by atoms with E-state index in [2.05, 4.69) is 9.62 Å². The Hall–Kier alpha value is -1.31. The van der Waals surface area contributed by atoms with E-state index in [0.29, 0.717) is 18.0 Å². The number of nitrogens with zero attached hydrogens (tertiary/aromatic N) is 1. The number of methoxy groups -OCH3 is 2. The van der Waals surface area contributed by atoms with Crippen LogP contribution in [0.3, 0.4) is 0 Å². The molecule has 1 fully saturated rings. The van der Waals surface area contributed by atoms with E-state index < -0.39 is 10.0 Å². The Morgan fingerprint density at radius 2 is 1.87 bits per heavy atom. The second-order valence-corrected chi connectivity index (χ2v) is 7.41. The largest absolute Gasteiger partial charge is 0.497 e. The molecule has 1 aliphatic heterocycles. The minimum Gasteiger partial charge on any atom is -0.497 e. The predicted molar refractivity (Wildman–Crippen MR) is 89.6 cm³/mol. The lowest BCUT2D eigenvalue weighted by atomic mass is 10.3. The number of likely N-dealkylation sites (tertiary alicyclic amines) is 1. The summed E-state index contributed by atoms with van der Waals surface area (Å²) in [5.41, 5.74) is 0. The molecule has 1 saturated heterocycles. The van der Waals surface area contributed by atoms with Crippen molar-refractivity contribution in [2.24, 2.45) is 0 Å². The molecule has 1 aromatic rings. The Bertz CT molecular complexity index is 598. The van der Waals surface area contributed by atoms with Crippen LogP contribution in [-0.2, 0) is 10.0 Å². The fourth-order valence-corrected chi connectivity index (χ4v) is 4.00. The van der Waals surface area contributed by atoms with E-state index in [0.717, 1.165) is 19.4 Å². The summed E-state index contributed by atoms with van der Waals surface area (Å²) in [6.07, 6.45) is 4.38. The number of nitrogens with one attached hydrogen (secondary N) is 1. The van der Waals surface area contributed by atoms with Crippen LogP contribution in [0, 0.1) is 0 Å². The highest BCUT2D eigenvalue weighted by molar-refractivity contribution is 7.89. The van der Waals surface area contributed by atoms with Crippen LogP contribution in [-0.4, -0.2) is 53.7 Å². The van der Waals surface area contributed by atoms with Gasteiger partial charge in [0.1, 0.15) is 16.4 Å². The molecule has 1 N–H and O–H groups in total. The quantitative estimate of drug-likeness (QED) is 0.694. The lowest BCUT2D eigenvalue weighted by molar-refractivity contribution is 0.330. The van der Waals surface area contributed by atoms with Gasteiger partial charge in [-0.05, 0) is 57.5 Å². The summed E-state index contributed by atoms with van der Waals surface area (Å²) < 4.78 is 37.8. The van der Waals surface area contributed by atoms with Crippen LogP contribution in [0.2, 0.25) is 0 Å². The minimum absolute atomic E-state index is 0.110. The molecule has 130 valence electrons. The Balaban J connectivity index is 1.88. The van der Waals surface area contributed by atoms with E-state index in [9.17, 15) is 8.42 Å². The Morgan fingerprint density at radius 3 is 2.52 bits per heavy atom. The Labute approximate surface area is 138 Å². The normalized spacial score (nSPS) is 15.7. The number of unbranched alkanes of at least 4 members (excludes halogenated alkanes) is 1. The van der Waals surface area contributed by atoms with Crippen LogP contribution < -0.4 is 14.2 Å². The smallest absolute Gasteiger partial charge is 0.244 e. The molecule has 0 spiro atoms. The molecule has 0 radical (unpaired) electrons. The summed E-state index contributed by atoms with van der Waals surface area (Å²) in [5, 5.41) is 0. The number of ether oxygens (including phenoxy) is 2. The summed E-state index contributed by atoms with van der Waals surface area (Å²) >= 11 is 0. The zero-order chi connectivity index (χ0) is 16.7. The van der Waals surface area contributed by atoms with Gasteiger partial charge in [-0.3, -0.25) is 0 Å². The van der Waals surface area contributed by atoms with Crippen molar-refractivity contribution in [1.82, 2.24) is 9.62 Å². The zero-order valence-corrected chi connectivity index (χ0v) is 14.7. The maximum absolute atomic E-state index is 12.4. The molecule has 0 amide bonds. The molecule has 7 heteroatoms. The highest BCUT2D eigenvalue weighted by Gasteiger charge is 2.20. The maximum atomic E-state index is 12.4. The number of sulfonamides is 1. The monoisotopic (exact) mass is 342 g/mol. The molecule has 23 heavy (non-hydrogen) atoms. The van der Waals surface area contributed by atoms with Gasteiger partial charge in [0, 0.05) is 12.6 Å². The van der Waals surface area contributed by atoms with E-state index in [1.165, 1.54) is 46.2 Å². The third-order valence-electron chi connectivity index (χ3n) is 4.05. The van der Waals surface area contributed by atoms with E-state index in [-0.39, 0.29) is 4.90 Å². The van der Waals surface area contributed by atoms with Gasteiger partial charge >= 0.3 is 0 Å². The highest BCUT2D eigenvalue weighted by Crippen LogP contribution is 2.27. The summed E-state index contributed by atoms with van der Waals surface area (Å²) in [7, 11) is -0.645. The first kappa shape index (κ1) is 18.0. The first-order valence-electron chi connectivity index (χ1n) is 8.01. The van der Waals surface area contributed by atoms with E-state index in [1.54, 1.807) is 12.1 Å². The van der Waals surface area contributed by atoms with Gasteiger partial charge < -0.3 is 14.4 Å². The summed E-state index contributed by atoms with van der Waals surface area (Å²) in [4.78, 5) is 2.54. The summed E-state index contributed by atoms with van der Waals surface area (Å²) in [5.74, 6) is 0.801. The van der Waals surface area contributed by atoms with Crippen molar-refractivity contribution in [3.05, 3.63) is 18.2 Å². The van der Waals surface area contributed by atoms with Crippen molar-refractivity contribution in [1.29, 1.82) is 0 Å². The molecule has 0 bridgehead atoms. The molecule has 0 aromatic heterocycles. The van der Waals surface area contributed by atoms with Crippen LogP contribution in [0.25, 0.3) is 0 Å². The van der Waals surface area contributed by atoms with Crippen LogP contribution in [0.4, 0.5) is 0 Å². The molecule has 1 heterocycles. The standard InChI is InChI=1S/C16H26N2O4S/c1-21-14-7-8-15(22-2)16(13-14)23(19,20)17-9-3-4-10-18-11-5-6-12-18/h7-8,13,17H,3-6,9-12H2,1-2H3. The predicted octanol–water partition coefficient (Wildman–Crippen LogP) is 1.86. The molecule has 0 aliphatic carbocycles. The maximum Gasteiger partial charge on any atom is 0.244 e. The highest BCUT2D eigenvalue weighted by atomic mass is 32.2. The molecule has 6 nitrogen and oxygen atoms in total. The number of benzene rings is 1. The molecular formula is C16H26N2O4S. The van der Waals surface area contributed by atoms with Crippen molar-refractivity contribution in [3.63, 3.8) is 0 Å². The lowest BCUT2D eigenvalue weighted by Gasteiger charge is -2.14. The average Bonchev–Trinajstić information content (AvgIpc) is 3.07. The van der Waals surface area contributed by atoms with Crippen LogP contribution >= 0.6 is 0 Å². The van der Waals surface area contributed by atoms with E-state index >= 15 is 0 Å². The first-order chi connectivity index (χ1) is 11.1. The van der Waals surface area contributed by atoms with Gasteiger partial charge in [0.15, 0.2) is 0 Å². The van der Waals surface area contributed by atoms with E-state index in [1.807, 2.05) is 0 Å². The third kappa shape index (κ3) is 5.09. The van der Waals surface area contributed by atoms with Crippen LogP contribution in [0.1, 0.15) is 25.7 Å². The molecule has 1 aliphatic rings. The molecule has 0 atom stereocenters. The minimum atomic E-state index is -3.60. The van der Waals surface area contributed by atoms with Crippen LogP contribution in [0.5, 0.6) is 11.5 Å². The number of rotatable bonds is 9. The molecular weight excluding hydrogens is 316 g/mol. The van der Waals surface area contributed by atoms with Gasteiger partial charge in [-0.25, -0.2) is 13.1 Å². The SMILES string of the molecule is COc1ccc(OC)c(S(=O)(=O)NCCCCN2CCCC2)c1. The Morgan fingerprint density at radius 1 is 1.13 bits per heavy atom. The van der Waals surface area contributed by atoms with Gasteiger partial charge in [-0.1, -0.05) is 0 Å². The van der Waals surface area contributed by atoms with Gasteiger partial charge in [0.2, 0.25) is 10.0 Å². The fraction of sp³-hybridized carbons (Fsp3) is 0.625. The zero-order valence-electron chi connectivity index (χ0n) is 13.9. The van der Waals surface area contributed by atoms with Crippen molar-refractivity contribution in [2.75, 3.05) is 40.4 Å². The van der Waals surface area contributed by atoms with Gasteiger partial charge in [0.05, 0.1) is 14.2 Å². The second kappa shape index (κ2) is 8.52. The van der Waals surface area contributed by atoms with Gasteiger partial charge in [-0.15, -0.1) is 0 Å². The molecule has 0 unspecified atom stereocenters. The number of hydrogen-bond donors (Lipinski definition) is 1. The summed E-state index contributed by atoms with van der Waals surface area (Å²) in [6, 6.07) is 4.75. The third-order valence-corrected chi connectivity index (χ3v) is 5.53. The van der Waals surface area contributed by atoms with Gasteiger partial charge in [0.25, 0.3) is 0 Å². The first-order valence-corrected chi connectivity index (χ1v) is 9.49. The summed E-state index contributed by atoms with van der Waals surface area (Å²) in [6.45, 7) is 3.82. The average molecular weight is 342 g/mol. The van der Waals surface area contributed by atoms with E-state index in [4.69, 9.17) is 9.47 Å². The topological polar surface area (TPSA) is 67.9 Å². The second-order valence-electron chi connectivity index (χ2n) is 5.67. The van der Waals surface area contributed by atoms with Crippen molar-refractivity contribution in [3.8, 4) is 11.5 Å². The number of hydrogen-bond acceptors (Lipinski definition) is 5. The Kier molecular flexibility index (Phi) is 6.68. The van der Waals surface area contributed by atoms with Crippen molar-refractivity contribution >= 4 is 10.0 Å². The molecule has 0 saturated carbocycles. The molecule has 2 rings (SSSR count). The van der Waals surface area contributed by atoms with Gasteiger partial charge in [-0.2, -0.15) is 0 Å². The van der Waals surface area contributed by atoms with Crippen LogP contribution in [0.15, 0.2) is 23.1 Å². The van der Waals surface area contributed by atoms with Crippen molar-refractivity contribution < 1.29 is 17.9 Å².